The van der Waals surface area contributed by atoms with Gasteiger partial charge in [0, 0.05) is 0 Å². The van der Waals surface area contributed by atoms with Gasteiger partial charge in [-0.3, -0.25) is 0 Å². The standard InChI is InChI=1S/C12H14O/c1-2-3-9-4-5-10-8-11(13)6-7-12(9)10/h2,6-9,13H,1,3-5H2. The van der Waals surface area contributed by atoms with E-state index in [2.05, 4.69) is 6.58 Å². The molecular formula is C12H14O. The summed E-state index contributed by atoms with van der Waals surface area (Å²) in [5.41, 5.74) is 2.71. The van der Waals surface area contributed by atoms with Crippen LogP contribution in [0.2, 0.25) is 0 Å². The molecule has 1 atom stereocenters. The van der Waals surface area contributed by atoms with Crippen LogP contribution in [0, 0.1) is 0 Å². The molecular weight excluding hydrogens is 160 g/mol. The number of hydrogen-bond acceptors (Lipinski definition) is 1. The smallest absolute Gasteiger partial charge is 0.115 e. The first-order chi connectivity index (χ1) is 6.31. The number of phenolic OH excluding ortho intramolecular Hbond substituents is 1. The van der Waals surface area contributed by atoms with Crippen molar-refractivity contribution < 1.29 is 5.11 Å². The molecule has 0 radical (unpaired) electrons. The third-order valence-electron chi connectivity index (χ3n) is 2.78. The van der Waals surface area contributed by atoms with Gasteiger partial charge in [0.2, 0.25) is 0 Å². The van der Waals surface area contributed by atoms with Crippen LogP contribution in [0.1, 0.15) is 29.9 Å². The highest BCUT2D eigenvalue weighted by Gasteiger charge is 2.20. The van der Waals surface area contributed by atoms with Crippen molar-refractivity contribution in [1.29, 1.82) is 0 Å². The van der Waals surface area contributed by atoms with Crippen molar-refractivity contribution in [3.63, 3.8) is 0 Å². The quantitative estimate of drug-likeness (QED) is 0.683. The molecule has 0 saturated carbocycles. The Morgan fingerprint density at radius 3 is 3.15 bits per heavy atom. The van der Waals surface area contributed by atoms with Crippen molar-refractivity contribution in [2.24, 2.45) is 0 Å². The first-order valence-electron chi connectivity index (χ1n) is 4.74. The van der Waals surface area contributed by atoms with Gasteiger partial charge in [-0.2, -0.15) is 0 Å². The molecule has 1 aliphatic rings. The average Bonchev–Trinajstić information content (AvgIpc) is 2.49. The summed E-state index contributed by atoms with van der Waals surface area (Å²) >= 11 is 0. The number of benzene rings is 1. The molecule has 0 bridgehead atoms. The number of fused-ring (bicyclic) bond motifs is 1. The van der Waals surface area contributed by atoms with Gasteiger partial charge in [0.05, 0.1) is 0 Å². The monoisotopic (exact) mass is 174 g/mol. The van der Waals surface area contributed by atoms with E-state index >= 15 is 0 Å². The topological polar surface area (TPSA) is 20.2 Å². The molecule has 1 heteroatoms. The molecule has 1 nitrogen and oxygen atoms in total. The highest BCUT2D eigenvalue weighted by Crippen LogP contribution is 2.36. The lowest BCUT2D eigenvalue weighted by molar-refractivity contribution is 0.474. The van der Waals surface area contributed by atoms with Gasteiger partial charge in [-0.05, 0) is 48.4 Å². The summed E-state index contributed by atoms with van der Waals surface area (Å²) in [7, 11) is 0. The van der Waals surface area contributed by atoms with Gasteiger partial charge < -0.3 is 5.11 Å². The summed E-state index contributed by atoms with van der Waals surface area (Å²) < 4.78 is 0. The van der Waals surface area contributed by atoms with Crippen LogP contribution >= 0.6 is 0 Å². The second-order valence-corrected chi connectivity index (χ2v) is 3.64. The predicted octanol–water partition coefficient (Wildman–Crippen LogP) is 3.00. The van der Waals surface area contributed by atoms with Crippen molar-refractivity contribution >= 4 is 0 Å². The highest BCUT2D eigenvalue weighted by molar-refractivity contribution is 5.40. The third kappa shape index (κ3) is 1.46. The Balaban J connectivity index is 2.32. The fraction of sp³-hybridized carbons (Fsp3) is 0.333. The molecule has 0 spiro atoms. The summed E-state index contributed by atoms with van der Waals surface area (Å²) in [6, 6.07) is 5.71. The summed E-state index contributed by atoms with van der Waals surface area (Å²) in [6.07, 6.45) is 5.33. The molecule has 0 fully saturated rings. The molecule has 1 unspecified atom stereocenters. The van der Waals surface area contributed by atoms with E-state index in [0.717, 1.165) is 12.8 Å². The molecule has 1 N–H and O–H groups in total. The van der Waals surface area contributed by atoms with E-state index in [1.165, 1.54) is 17.5 Å². The van der Waals surface area contributed by atoms with E-state index in [0.29, 0.717) is 11.7 Å². The molecule has 1 aromatic rings. The minimum absolute atomic E-state index is 0.387. The van der Waals surface area contributed by atoms with E-state index in [4.69, 9.17) is 0 Å². The second kappa shape index (κ2) is 3.25. The van der Waals surface area contributed by atoms with Crippen LogP contribution in [-0.4, -0.2) is 5.11 Å². The van der Waals surface area contributed by atoms with E-state index in [1.807, 2.05) is 18.2 Å². The van der Waals surface area contributed by atoms with Gasteiger partial charge in [0.1, 0.15) is 5.75 Å². The molecule has 1 aliphatic carbocycles. The van der Waals surface area contributed by atoms with Crippen LogP contribution in [0.5, 0.6) is 5.75 Å². The predicted molar refractivity (Wildman–Crippen MR) is 54.0 cm³/mol. The van der Waals surface area contributed by atoms with Crippen LogP contribution in [0.15, 0.2) is 30.9 Å². The maximum atomic E-state index is 9.29. The molecule has 0 aromatic heterocycles. The molecule has 68 valence electrons. The minimum Gasteiger partial charge on any atom is -0.508 e. The zero-order valence-electron chi connectivity index (χ0n) is 7.66. The lowest BCUT2D eigenvalue weighted by atomic mass is 9.98. The largest absolute Gasteiger partial charge is 0.508 e. The average molecular weight is 174 g/mol. The minimum atomic E-state index is 0.387. The fourth-order valence-corrected chi connectivity index (χ4v) is 2.14. The Labute approximate surface area is 78.7 Å². The van der Waals surface area contributed by atoms with Gasteiger partial charge in [-0.1, -0.05) is 12.1 Å². The maximum absolute atomic E-state index is 9.29. The van der Waals surface area contributed by atoms with Crippen LogP contribution in [0.3, 0.4) is 0 Å². The normalized spacial score (nSPS) is 19.8. The maximum Gasteiger partial charge on any atom is 0.115 e. The molecule has 1 aromatic carbocycles. The van der Waals surface area contributed by atoms with Crippen molar-refractivity contribution in [3.8, 4) is 5.75 Å². The van der Waals surface area contributed by atoms with Crippen molar-refractivity contribution in [3.05, 3.63) is 42.0 Å². The number of hydrogen-bond donors (Lipinski definition) is 1. The summed E-state index contributed by atoms with van der Waals surface area (Å²) in [5, 5.41) is 9.29. The molecule has 13 heavy (non-hydrogen) atoms. The highest BCUT2D eigenvalue weighted by atomic mass is 16.3. The van der Waals surface area contributed by atoms with Gasteiger partial charge in [0.25, 0.3) is 0 Å². The Bertz CT molecular complexity index is 328. The van der Waals surface area contributed by atoms with Crippen LogP contribution in [0.4, 0.5) is 0 Å². The number of allylic oxidation sites excluding steroid dienone is 1. The van der Waals surface area contributed by atoms with Crippen molar-refractivity contribution in [2.75, 3.05) is 0 Å². The molecule has 2 rings (SSSR count). The van der Waals surface area contributed by atoms with E-state index in [9.17, 15) is 5.11 Å². The summed E-state index contributed by atoms with van der Waals surface area (Å²) in [4.78, 5) is 0. The molecule has 0 amide bonds. The van der Waals surface area contributed by atoms with Crippen LogP contribution in [-0.2, 0) is 6.42 Å². The van der Waals surface area contributed by atoms with Gasteiger partial charge in [-0.15, -0.1) is 6.58 Å². The zero-order valence-corrected chi connectivity index (χ0v) is 7.66. The van der Waals surface area contributed by atoms with E-state index < -0.39 is 0 Å². The number of aromatic hydroxyl groups is 1. The Morgan fingerprint density at radius 2 is 2.38 bits per heavy atom. The summed E-state index contributed by atoms with van der Waals surface area (Å²) in [6.45, 7) is 3.77. The number of phenols is 1. The first kappa shape index (κ1) is 8.36. The number of aryl methyl sites for hydroxylation is 1. The molecule has 0 heterocycles. The molecule has 0 aliphatic heterocycles. The van der Waals surface area contributed by atoms with Crippen molar-refractivity contribution in [2.45, 2.75) is 25.2 Å². The SMILES string of the molecule is C=CCC1CCc2cc(O)ccc21. The molecule has 0 saturated heterocycles. The second-order valence-electron chi connectivity index (χ2n) is 3.64. The lowest BCUT2D eigenvalue weighted by Gasteiger charge is -2.07. The third-order valence-corrected chi connectivity index (χ3v) is 2.78. The van der Waals surface area contributed by atoms with E-state index in [1.54, 1.807) is 6.07 Å². The Hall–Kier alpha value is -1.24. The van der Waals surface area contributed by atoms with Crippen LogP contribution in [0.25, 0.3) is 0 Å². The Kier molecular flexibility index (Phi) is 2.09. The van der Waals surface area contributed by atoms with E-state index in [-0.39, 0.29) is 0 Å². The Morgan fingerprint density at radius 1 is 1.54 bits per heavy atom. The van der Waals surface area contributed by atoms with Crippen LogP contribution < -0.4 is 0 Å². The van der Waals surface area contributed by atoms with Gasteiger partial charge in [0.15, 0.2) is 0 Å². The lowest BCUT2D eigenvalue weighted by Crippen LogP contribution is -1.90. The van der Waals surface area contributed by atoms with Gasteiger partial charge >= 0.3 is 0 Å². The van der Waals surface area contributed by atoms with Gasteiger partial charge in [-0.25, -0.2) is 0 Å². The number of rotatable bonds is 2. The fourth-order valence-electron chi connectivity index (χ4n) is 2.14. The first-order valence-corrected chi connectivity index (χ1v) is 4.74. The zero-order chi connectivity index (χ0) is 9.26. The van der Waals surface area contributed by atoms with Crippen molar-refractivity contribution in [1.82, 2.24) is 0 Å². The summed E-state index contributed by atoms with van der Waals surface area (Å²) in [5.74, 6) is 1.02.